The van der Waals surface area contributed by atoms with Crippen molar-refractivity contribution in [2.45, 2.75) is 45.2 Å². The fourth-order valence-corrected chi connectivity index (χ4v) is 3.08. The minimum Gasteiger partial charge on any atom is -0.352 e. The van der Waals surface area contributed by atoms with E-state index >= 15 is 0 Å². The van der Waals surface area contributed by atoms with Crippen molar-refractivity contribution in [3.05, 3.63) is 47.6 Å². The summed E-state index contributed by atoms with van der Waals surface area (Å²) < 4.78 is 5.05. The van der Waals surface area contributed by atoms with Crippen LogP contribution in [0.15, 0.2) is 34.9 Å². The second-order valence-electron chi connectivity index (χ2n) is 6.36. The zero-order chi connectivity index (χ0) is 16.8. The Labute approximate surface area is 142 Å². The molecule has 0 saturated carbocycles. The fourth-order valence-electron chi connectivity index (χ4n) is 3.08. The monoisotopic (exact) mass is 328 g/mol. The maximum atomic E-state index is 12.1. The Hall–Kier alpha value is -2.21. The SMILES string of the molecule is Cc1noc(CCCC(=O)N[C@H]2CCN(Cc3ccccc3)C2)n1. The van der Waals surface area contributed by atoms with Gasteiger partial charge in [0.1, 0.15) is 0 Å². The fraction of sp³-hybridized carbons (Fsp3) is 0.500. The lowest BCUT2D eigenvalue weighted by atomic mass is 10.2. The van der Waals surface area contributed by atoms with Gasteiger partial charge in [0.05, 0.1) is 0 Å². The van der Waals surface area contributed by atoms with Crippen molar-refractivity contribution in [1.82, 2.24) is 20.4 Å². The molecule has 2 heterocycles. The van der Waals surface area contributed by atoms with Crippen LogP contribution < -0.4 is 5.32 Å². The van der Waals surface area contributed by atoms with Gasteiger partial charge in [0.2, 0.25) is 11.8 Å². The second-order valence-corrected chi connectivity index (χ2v) is 6.36. The highest BCUT2D eigenvalue weighted by Gasteiger charge is 2.23. The molecule has 3 rings (SSSR count). The maximum Gasteiger partial charge on any atom is 0.226 e. The summed E-state index contributed by atoms with van der Waals surface area (Å²) in [4.78, 5) is 18.6. The van der Waals surface area contributed by atoms with E-state index in [2.05, 4.69) is 44.6 Å². The van der Waals surface area contributed by atoms with Crippen LogP contribution in [0.5, 0.6) is 0 Å². The van der Waals surface area contributed by atoms with Crippen LogP contribution in [0.4, 0.5) is 0 Å². The van der Waals surface area contributed by atoms with Crippen LogP contribution in [0.1, 0.15) is 36.5 Å². The molecule has 0 unspecified atom stereocenters. The molecule has 128 valence electrons. The van der Waals surface area contributed by atoms with Crippen molar-refractivity contribution in [1.29, 1.82) is 0 Å². The highest BCUT2D eigenvalue weighted by atomic mass is 16.5. The van der Waals surface area contributed by atoms with Crippen molar-refractivity contribution in [2.24, 2.45) is 0 Å². The van der Waals surface area contributed by atoms with Gasteiger partial charge in [-0.15, -0.1) is 0 Å². The standard InChI is InChI=1S/C18H24N4O2/c1-14-19-18(24-21-14)9-5-8-17(23)20-16-10-11-22(13-16)12-15-6-3-2-4-7-15/h2-4,6-7,16H,5,8-13H2,1H3,(H,20,23)/t16-/m0/s1. The zero-order valence-corrected chi connectivity index (χ0v) is 14.1. The molecule has 0 aliphatic carbocycles. The van der Waals surface area contributed by atoms with Crippen LogP contribution in [0.3, 0.4) is 0 Å². The Morgan fingerprint density at radius 3 is 2.96 bits per heavy atom. The van der Waals surface area contributed by atoms with Gasteiger partial charge in [0, 0.05) is 38.5 Å². The molecule has 1 aromatic carbocycles. The van der Waals surface area contributed by atoms with Gasteiger partial charge in [-0.2, -0.15) is 4.98 Å². The lowest BCUT2D eigenvalue weighted by molar-refractivity contribution is -0.121. The number of hydrogen-bond donors (Lipinski definition) is 1. The molecule has 2 aromatic rings. The van der Waals surface area contributed by atoms with E-state index in [-0.39, 0.29) is 11.9 Å². The van der Waals surface area contributed by atoms with E-state index in [4.69, 9.17) is 4.52 Å². The third kappa shape index (κ3) is 4.89. The summed E-state index contributed by atoms with van der Waals surface area (Å²) in [6, 6.07) is 10.7. The van der Waals surface area contributed by atoms with Crippen LogP contribution >= 0.6 is 0 Å². The first-order valence-corrected chi connectivity index (χ1v) is 8.54. The number of carbonyl (C=O) groups is 1. The van der Waals surface area contributed by atoms with Gasteiger partial charge in [-0.25, -0.2) is 0 Å². The molecule has 1 saturated heterocycles. The molecule has 1 fully saturated rings. The van der Waals surface area contributed by atoms with Gasteiger partial charge in [-0.3, -0.25) is 9.69 Å². The zero-order valence-electron chi connectivity index (χ0n) is 14.1. The second kappa shape index (κ2) is 8.06. The Balaban J connectivity index is 1.35. The average molecular weight is 328 g/mol. The summed E-state index contributed by atoms with van der Waals surface area (Å²) in [5.41, 5.74) is 1.32. The molecule has 1 aliphatic rings. The Morgan fingerprint density at radius 2 is 2.21 bits per heavy atom. The molecule has 6 nitrogen and oxygen atoms in total. The van der Waals surface area contributed by atoms with Gasteiger partial charge in [-0.1, -0.05) is 35.5 Å². The Morgan fingerprint density at radius 1 is 1.38 bits per heavy atom. The normalized spacial score (nSPS) is 18.0. The van der Waals surface area contributed by atoms with E-state index in [9.17, 15) is 4.79 Å². The number of likely N-dealkylation sites (tertiary alicyclic amines) is 1. The van der Waals surface area contributed by atoms with Crippen molar-refractivity contribution in [3.8, 4) is 0 Å². The Bertz CT molecular complexity index is 656. The number of nitrogens with one attached hydrogen (secondary N) is 1. The molecular formula is C18H24N4O2. The molecule has 1 aliphatic heterocycles. The van der Waals surface area contributed by atoms with E-state index in [0.29, 0.717) is 24.6 Å². The number of amides is 1. The van der Waals surface area contributed by atoms with Gasteiger partial charge < -0.3 is 9.84 Å². The van der Waals surface area contributed by atoms with Crippen LogP contribution in [-0.2, 0) is 17.8 Å². The van der Waals surface area contributed by atoms with E-state index in [0.717, 1.165) is 32.5 Å². The summed E-state index contributed by atoms with van der Waals surface area (Å²) in [7, 11) is 0. The van der Waals surface area contributed by atoms with Crippen molar-refractivity contribution >= 4 is 5.91 Å². The summed E-state index contributed by atoms with van der Waals surface area (Å²) in [6.45, 7) is 4.69. The van der Waals surface area contributed by atoms with E-state index in [1.54, 1.807) is 6.92 Å². The predicted octanol–water partition coefficient (Wildman–Crippen LogP) is 2.09. The smallest absolute Gasteiger partial charge is 0.226 e. The van der Waals surface area contributed by atoms with E-state index in [1.165, 1.54) is 5.56 Å². The molecule has 6 heteroatoms. The number of benzene rings is 1. The molecule has 1 atom stereocenters. The molecule has 24 heavy (non-hydrogen) atoms. The predicted molar refractivity (Wildman–Crippen MR) is 90.2 cm³/mol. The van der Waals surface area contributed by atoms with Gasteiger partial charge in [-0.05, 0) is 25.3 Å². The highest BCUT2D eigenvalue weighted by Crippen LogP contribution is 2.13. The molecule has 1 amide bonds. The quantitative estimate of drug-likeness (QED) is 0.843. The first-order valence-electron chi connectivity index (χ1n) is 8.54. The van der Waals surface area contributed by atoms with Crippen LogP contribution in [0.2, 0.25) is 0 Å². The first-order chi connectivity index (χ1) is 11.7. The summed E-state index contributed by atoms with van der Waals surface area (Å²) in [5.74, 6) is 1.35. The van der Waals surface area contributed by atoms with Gasteiger partial charge in [0.25, 0.3) is 0 Å². The van der Waals surface area contributed by atoms with Gasteiger partial charge >= 0.3 is 0 Å². The molecule has 1 N–H and O–H groups in total. The molecule has 1 aromatic heterocycles. The topological polar surface area (TPSA) is 71.3 Å². The molecular weight excluding hydrogens is 304 g/mol. The summed E-state index contributed by atoms with van der Waals surface area (Å²) in [6.07, 6.45) is 2.89. The van der Waals surface area contributed by atoms with Crippen molar-refractivity contribution in [2.75, 3.05) is 13.1 Å². The lowest BCUT2D eigenvalue weighted by Gasteiger charge is -2.16. The molecule has 0 radical (unpaired) electrons. The first kappa shape index (κ1) is 16.6. The highest BCUT2D eigenvalue weighted by molar-refractivity contribution is 5.76. The minimum atomic E-state index is 0.109. The number of aryl methyl sites for hydroxylation is 2. The number of carbonyl (C=O) groups excluding carboxylic acids is 1. The van der Waals surface area contributed by atoms with E-state index in [1.807, 2.05) is 6.07 Å². The third-order valence-electron chi connectivity index (χ3n) is 4.25. The lowest BCUT2D eigenvalue weighted by Crippen LogP contribution is -2.36. The third-order valence-corrected chi connectivity index (χ3v) is 4.25. The number of aromatic nitrogens is 2. The maximum absolute atomic E-state index is 12.1. The number of nitrogens with zero attached hydrogens (tertiary/aromatic N) is 3. The number of rotatable bonds is 7. The van der Waals surface area contributed by atoms with Gasteiger partial charge in [0.15, 0.2) is 5.82 Å². The largest absolute Gasteiger partial charge is 0.352 e. The van der Waals surface area contributed by atoms with Crippen molar-refractivity contribution < 1.29 is 9.32 Å². The summed E-state index contributed by atoms with van der Waals surface area (Å²) >= 11 is 0. The minimum absolute atomic E-state index is 0.109. The van der Waals surface area contributed by atoms with Crippen molar-refractivity contribution in [3.63, 3.8) is 0 Å². The van der Waals surface area contributed by atoms with Crippen LogP contribution in [0, 0.1) is 6.92 Å². The van der Waals surface area contributed by atoms with Crippen LogP contribution in [0.25, 0.3) is 0 Å². The molecule has 0 bridgehead atoms. The molecule has 0 spiro atoms. The summed E-state index contributed by atoms with van der Waals surface area (Å²) in [5, 5.41) is 6.89. The van der Waals surface area contributed by atoms with E-state index < -0.39 is 0 Å². The number of hydrogen-bond acceptors (Lipinski definition) is 5. The average Bonchev–Trinajstić information content (AvgIpc) is 3.17. The van der Waals surface area contributed by atoms with Crippen LogP contribution in [-0.4, -0.2) is 40.1 Å². The Kier molecular flexibility index (Phi) is 5.59.